The standard InChI is InChI=1S/C14H25NO3/c1-10(2)15(9-11(3)16)13(17)12-8-14(12)4-6-18-7-5-14/h10-12,16H,4-9H2,1-3H3. The molecule has 0 aromatic carbocycles. The maximum atomic E-state index is 12.5. The number of hydrogen-bond donors (Lipinski definition) is 1. The van der Waals surface area contributed by atoms with Crippen LogP contribution in [0, 0.1) is 11.3 Å². The highest BCUT2D eigenvalue weighted by Crippen LogP contribution is 2.59. The molecule has 2 atom stereocenters. The van der Waals surface area contributed by atoms with Crippen molar-refractivity contribution in [3.63, 3.8) is 0 Å². The van der Waals surface area contributed by atoms with Gasteiger partial charge in [0, 0.05) is 31.7 Å². The predicted octanol–water partition coefficient (Wildman–Crippen LogP) is 1.42. The van der Waals surface area contributed by atoms with Crippen LogP contribution in [0.3, 0.4) is 0 Å². The molecule has 1 saturated heterocycles. The van der Waals surface area contributed by atoms with E-state index in [2.05, 4.69) is 0 Å². The molecule has 4 nitrogen and oxygen atoms in total. The molecule has 1 saturated carbocycles. The van der Waals surface area contributed by atoms with Gasteiger partial charge in [0.1, 0.15) is 0 Å². The molecule has 2 rings (SSSR count). The number of aliphatic hydroxyl groups is 1. The van der Waals surface area contributed by atoms with Crippen LogP contribution in [-0.2, 0) is 9.53 Å². The van der Waals surface area contributed by atoms with Crippen LogP contribution in [0.25, 0.3) is 0 Å². The quantitative estimate of drug-likeness (QED) is 0.826. The van der Waals surface area contributed by atoms with Crippen LogP contribution in [0.5, 0.6) is 0 Å². The molecule has 18 heavy (non-hydrogen) atoms. The molecule has 0 radical (unpaired) electrons. The summed E-state index contributed by atoms with van der Waals surface area (Å²) in [4.78, 5) is 14.4. The topological polar surface area (TPSA) is 49.8 Å². The zero-order valence-corrected chi connectivity index (χ0v) is 11.7. The third-order valence-corrected chi connectivity index (χ3v) is 4.34. The van der Waals surface area contributed by atoms with Crippen molar-refractivity contribution in [2.24, 2.45) is 11.3 Å². The number of aliphatic hydroxyl groups excluding tert-OH is 1. The molecule has 1 heterocycles. The number of hydrogen-bond acceptors (Lipinski definition) is 3. The molecule has 2 fully saturated rings. The normalized spacial score (nSPS) is 27.3. The molecule has 0 aromatic heterocycles. The average Bonchev–Trinajstić information content (AvgIpc) is 2.99. The van der Waals surface area contributed by atoms with E-state index >= 15 is 0 Å². The largest absolute Gasteiger partial charge is 0.392 e. The van der Waals surface area contributed by atoms with Gasteiger partial charge in [-0.1, -0.05) is 0 Å². The van der Waals surface area contributed by atoms with Gasteiger partial charge in [0.25, 0.3) is 0 Å². The molecule has 0 bridgehead atoms. The first-order chi connectivity index (χ1) is 8.46. The van der Waals surface area contributed by atoms with Gasteiger partial charge in [0.15, 0.2) is 0 Å². The highest BCUT2D eigenvalue weighted by atomic mass is 16.5. The Labute approximate surface area is 109 Å². The van der Waals surface area contributed by atoms with Gasteiger partial charge in [0.05, 0.1) is 6.10 Å². The molecule has 1 aliphatic heterocycles. The first-order valence-electron chi connectivity index (χ1n) is 7.02. The fraction of sp³-hybridized carbons (Fsp3) is 0.929. The van der Waals surface area contributed by atoms with Gasteiger partial charge in [-0.2, -0.15) is 0 Å². The fourth-order valence-corrected chi connectivity index (χ4v) is 3.07. The average molecular weight is 255 g/mol. The number of carbonyl (C=O) groups is 1. The molecule has 0 aromatic rings. The molecular formula is C14H25NO3. The van der Waals surface area contributed by atoms with Crippen LogP contribution in [0.4, 0.5) is 0 Å². The molecule has 2 unspecified atom stereocenters. The van der Waals surface area contributed by atoms with Crippen molar-refractivity contribution >= 4 is 5.91 Å². The number of ether oxygens (including phenoxy) is 1. The van der Waals surface area contributed by atoms with Gasteiger partial charge in [-0.25, -0.2) is 0 Å². The monoisotopic (exact) mass is 255 g/mol. The van der Waals surface area contributed by atoms with Gasteiger partial charge in [-0.05, 0) is 45.4 Å². The lowest BCUT2D eigenvalue weighted by Crippen LogP contribution is -2.43. The van der Waals surface area contributed by atoms with Crippen molar-refractivity contribution in [1.29, 1.82) is 0 Å². The second-order valence-corrected chi connectivity index (χ2v) is 6.16. The van der Waals surface area contributed by atoms with E-state index in [1.807, 2.05) is 18.7 Å². The van der Waals surface area contributed by atoms with E-state index in [0.29, 0.717) is 6.54 Å². The van der Waals surface area contributed by atoms with Crippen molar-refractivity contribution in [3.05, 3.63) is 0 Å². The van der Waals surface area contributed by atoms with Crippen LogP contribution in [0.2, 0.25) is 0 Å². The van der Waals surface area contributed by atoms with E-state index in [-0.39, 0.29) is 23.3 Å². The van der Waals surface area contributed by atoms with E-state index in [9.17, 15) is 9.90 Å². The number of carbonyl (C=O) groups excluding carboxylic acids is 1. The minimum absolute atomic E-state index is 0.157. The van der Waals surface area contributed by atoms with E-state index in [0.717, 1.165) is 32.5 Å². The fourth-order valence-electron chi connectivity index (χ4n) is 3.07. The Morgan fingerprint density at radius 1 is 1.39 bits per heavy atom. The highest BCUT2D eigenvalue weighted by Gasteiger charge is 2.59. The van der Waals surface area contributed by atoms with Crippen molar-refractivity contribution in [2.45, 2.75) is 52.2 Å². The number of nitrogens with zero attached hydrogens (tertiary/aromatic N) is 1. The molecule has 1 aliphatic carbocycles. The van der Waals surface area contributed by atoms with Crippen LogP contribution < -0.4 is 0 Å². The second-order valence-electron chi connectivity index (χ2n) is 6.16. The van der Waals surface area contributed by atoms with Crippen LogP contribution in [0.15, 0.2) is 0 Å². The molecule has 1 N–H and O–H groups in total. The predicted molar refractivity (Wildman–Crippen MR) is 69.1 cm³/mol. The lowest BCUT2D eigenvalue weighted by Gasteiger charge is -2.30. The Morgan fingerprint density at radius 3 is 2.50 bits per heavy atom. The summed E-state index contributed by atoms with van der Waals surface area (Å²) in [5, 5.41) is 9.51. The molecule has 104 valence electrons. The Kier molecular flexibility index (Phi) is 3.97. The summed E-state index contributed by atoms with van der Waals surface area (Å²) >= 11 is 0. The van der Waals surface area contributed by atoms with Crippen LogP contribution in [0.1, 0.15) is 40.0 Å². The van der Waals surface area contributed by atoms with Gasteiger partial charge in [-0.3, -0.25) is 4.79 Å². The van der Waals surface area contributed by atoms with E-state index in [1.165, 1.54) is 0 Å². The van der Waals surface area contributed by atoms with Gasteiger partial charge in [0.2, 0.25) is 5.91 Å². The first-order valence-corrected chi connectivity index (χ1v) is 7.02. The Bertz CT molecular complexity index is 308. The summed E-state index contributed by atoms with van der Waals surface area (Å²) in [5.74, 6) is 0.398. The summed E-state index contributed by atoms with van der Waals surface area (Å²) in [7, 11) is 0. The van der Waals surface area contributed by atoms with E-state index < -0.39 is 6.10 Å². The molecule has 1 spiro atoms. The second kappa shape index (κ2) is 5.17. The third kappa shape index (κ3) is 2.69. The van der Waals surface area contributed by atoms with E-state index in [1.54, 1.807) is 6.92 Å². The van der Waals surface area contributed by atoms with Gasteiger partial charge < -0.3 is 14.7 Å². The summed E-state index contributed by atoms with van der Waals surface area (Å²) < 4.78 is 5.38. The molecular weight excluding hydrogens is 230 g/mol. The van der Waals surface area contributed by atoms with Crippen molar-refractivity contribution in [3.8, 4) is 0 Å². The maximum Gasteiger partial charge on any atom is 0.226 e. The molecule has 2 aliphatic rings. The minimum Gasteiger partial charge on any atom is -0.392 e. The van der Waals surface area contributed by atoms with Gasteiger partial charge in [-0.15, -0.1) is 0 Å². The van der Waals surface area contributed by atoms with Crippen molar-refractivity contribution in [2.75, 3.05) is 19.8 Å². The number of amides is 1. The zero-order valence-electron chi connectivity index (χ0n) is 11.7. The van der Waals surface area contributed by atoms with E-state index in [4.69, 9.17) is 4.74 Å². The van der Waals surface area contributed by atoms with Gasteiger partial charge >= 0.3 is 0 Å². The first kappa shape index (κ1) is 13.8. The third-order valence-electron chi connectivity index (χ3n) is 4.34. The smallest absolute Gasteiger partial charge is 0.226 e. The molecule has 1 amide bonds. The summed E-state index contributed by atoms with van der Waals surface area (Å²) in [6, 6.07) is 0.157. The summed E-state index contributed by atoms with van der Waals surface area (Å²) in [6.07, 6.45) is 2.59. The minimum atomic E-state index is -0.458. The van der Waals surface area contributed by atoms with Crippen LogP contribution in [-0.4, -0.2) is 47.8 Å². The zero-order chi connectivity index (χ0) is 13.3. The van der Waals surface area contributed by atoms with Crippen molar-refractivity contribution < 1.29 is 14.6 Å². The summed E-state index contributed by atoms with van der Waals surface area (Å²) in [6.45, 7) is 7.79. The molecule has 4 heteroatoms. The summed E-state index contributed by atoms with van der Waals surface area (Å²) in [5.41, 5.74) is 0.223. The number of rotatable bonds is 4. The highest BCUT2D eigenvalue weighted by molar-refractivity contribution is 5.83. The Morgan fingerprint density at radius 2 is 2.00 bits per heavy atom. The Hall–Kier alpha value is -0.610. The SMILES string of the molecule is CC(O)CN(C(=O)C1CC12CCOCC2)C(C)C. The van der Waals surface area contributed by atoms with Crippen LogP contribution >= 0.6 is 0 Å². The Balaban J connectivity index is 1.98. The van der Waals surface area contributed by atoms with Crippen molar-refractivity contribution in [1.82, 2.24) is 4.90 Å². The lowest BCUT2D eigenvalue weighted by atomic mass is 9.93. The maximum absolute atomic E-state index is 12.5. The lowest BCUT2D eigenvalue weighted by molar-refractivity contribution is -0.137.